The molecule has 1 aliphatic rings. The van der Waals surface area contributed by atoms with Crippen LogP contribution in [0.3, 0.4) is 0 Å². The van der Waals surface area contributed by atoms with E-state index in [0.717, 1.165) is 29.7 Å². The number of halogens is 1. The van der Waals surface area contributed by atoms with Gasteiger partial charge in [0.15, 0.2) is 0 Å². The monoisotopic (exact) mass is 269 g/mol. The zero-order valence-electron chi connectivity index (χ0n) is 11.9. The number of benzene rings is 2. The van der Waals surface area contributed by atoms with E-state index >= 15 is 0 Å². The Bertz CT molecular complexity index is 619. The zero-order chi connectivity index (χ0) is 13.9. The Kier molecular flexibility index (Phi) is 3.83. The normalized spacial score (nSPS) is 13.5. The number of nitrogens with one attached hydrogen (secondary N) is 1. The van der Waals surface area contributed by atoms with Crippen LogP contribution in [0.25, 0.3) is 11.1 Å². The van der Waals surface area contributed by atoms with Crippen LogP contribution in [0, 0.1) is 5.82 Å². The van der Waals surface area contributed by atoms with Crippen molar-refractivity contribution in [2.24, 2.45) is 0 Å². The van der Waals surface area contributed by atoms with Crippen LogP contribution < -0.4 is 5.32 Å². The first-order valence-electron chi connectivity index (χ1n) is 7.39. The van der Waals surface area contributed by atoms with Gasteiger partial charge in [0.25, 0.3) is 0 Å². The lowest BCUT2D eigenvalue weighted by atomic mass is 9.99. The fourth-order valence-electron chi connectivity index (χ4n) is 2.88. The molecule has 0 spiro atoms. The molecule has 1 nitrogen and oxygen atoms in total. The molecular weight excluding hydrogens is 249 g/mol. The summed E-state index contributed by atoms with van der Waals surface area (Å²) in [5.41, 5.74) is 5.71. The molecule has 0 amide bonds. The number of hydrogen-bond acceptors (Lipinski definition) is 1. The third-order valence-electron chi connectivity index (χ3n) is 4.05. The largest absolute Gasteiger partial charge is 0.313 e. The molecule has 3 rings (SSSR count). The summed E-state index contributed by atoms with van der Waals surface area (Å²) in [6.45, 7) is 3.47. The van der Waals surface area contributed by atoms with Gasteiger partial charge in [0.1, 0.15) is 5.82 Å². The molecule has 0 saturated carbocycles. The first kappa shape index (κ1) is 13.3. The van der Waals surface area contributed by atoms with Gasteiger partial charge in [-0.2, -0.15) is 0 Å². The molecule has 0 unspecified atom stereocenters. The Morgan fingerprint density at radius 3 is 2.55 bits per heavy atom. The van der Waals surface area contributed by atoms with Crippen molar-refractivity contribution in [3.8, 4) is 11.1 Å². The predicted molar refractivity (Wildman–Crippen MR) is 81.2 cm³/mol. The molecule has 0 heterocycles. The standard InChI is InChI=1S/C18H20FN/c1-2-20-12-17-9-8-16(11-18(17)19)15-7-6-13-4-3-5-14(13)10-15/h6-11,20H,2-5,12H2,1H3. The van der Waals surface area contributed by atoms with Crippen molar-refractivity contribution in [3.05, 3.63) is 58.9 Å². The molecule has 1 N–H and O–H groups in total. The minimum absolute atomic E-state index is 0.121. The molecule has 0 bridgehead atoms. The number of fused-ring (bicyclic) bond motifs is 1. The second-order valence-corrected chi connectivity index (χ2v) is 5.42. The molecule has 104 valence electrons. The van der Waals surface area contributed by atoms with Crippen molar-refractivity contribution in [3.63, 3.8) is 0 Å². The van der Waals surface area contributed by atoms with E-state index in [9.17, 15) is 4.39 Å². The summed E-state index contributed by atoms with van der Waals surface area (Å²) in [7, 11) is 0. The number of aryl methyl sites for hydroxylation is 2. The third kappa shape index (κ3) is 2.61. The second-order valence-electron chi connectivity index (χ2n) is 5.42. The van der Waals surface area contributed by atoms with E-state index in [0.29, 0.717) is 6.54 Å². The van der Waals surface area contributed by atoms with Crippen molar-refractivity contribution in [2.45, 2.75) is 32.7 Å². The first-order valence-corrected chi connectivity index (χ1v) is 7.39. The van der Waals surface area contributed by atoms with Crippen molar-refractivity contribution >= 4 is 0 Å². The number of hydrogen-bond donors (Lipinski definition) is 1. The summed E-state index contributed by atoms with van der Waals surface area (Å²) >= 11 is 0. The Labute approximate surface area is 119 Å². The highest BCUT2D eigenvalue weighted by molar-refractivity contribution is 5.65. The summed E-state index contributed by atoms with van der Waals surface area (Å²) in [5.74, 6) is -0.121. The maximum absolute atomic E-state index is 14.1. The van der Waals surface area contributed by atoms with Gasteiger partial charge in [0.05, 0.1) is 0 Å². The van der Waals surface area contributed by atoms with Gasteiger partial charge >= 0.3 is 0 Å². The first-order chi connectivity index (χ1) is 9.78. The van der Waals surface area contributed by atoms with Gasteiger partial charge in [-0.15, -0.1) is 0 Å². The van der Waals surface area contributed by atoms with Crippen molar-refractivity contribution in [1.29, 1.82) is 0 Å². The minimum Gasteiger partial charge on any atom is -0.313 e. The minimum atomic E-state index is -0.121. The Morgan fingerprint density at radius 1 is 1.00 bits per heavy atom. The van der Waals surface area contributed by atoms with Crippen LogP contribution in [0.5, 0.6) is 0 Å². The van der Waals surface area contributed by atoms with Crippen LogP contribution in [-0.2, 0) is 19.4 Å². The lowest BCUT2D eigenvalue weighted by molar-refractivity contribution is 0.594. The van der Waals surface area contributed by atoms with E-state index < -0.39 is 0 Å². The molecule has 0 fully saturated rings. The molecule has 0 atom stereocenters. The highest BCUT2D eigenvalue weighted by atomic mass is 19.1. The summed E-state index contributed by atoms with van der Waals surface area (Å²) in [5, 5.41) is 3.16. The zero-order valence-corrected chi connectivity index (χ0v) is 11.9. The predicted octanol–water partition coefficient (Wildman–Crippen LogP) is 4.09. The fourth-order valence-corrected chi connectivity index (χ4v) is 2.88. The lowest BCUT2D eigenvalue weighted by Gasteiger charge is -2.08. The van der Waals surface area contributed by atoms with Crippen LogP contribution in [0.4, 0.5) is 4.39 Å². The molecule has 1 aliphatic carbocycles. The average Bonchev–Trinajstić information content (AvgIpc) is 2.93. The summed E-state index contributed by atoms with van der Waals surface area (Å²) in [4.78, 5) is 0. The quantitative estimate of drug-likeness (QED) is 0.881. The molecule has 20 heavy (non-hydrogen) atoms. The SMILES string of the molecule is CCNCc1ccc(-c2ccc3c(c2)CCC3)cc1F. The van der Waals surface area contributed by atoms with E-state index in [-0.39, 0.29) is 5.82 Å². The third-order valence-corrected chi connectivity index (χ3v) is 4.05. The summed E-state index contributed by atoms with van der Waals surface area (Å²) < 4.78 is 14.1. The molecule has 0 aliphatic heterocycles. The van der Waals surface area contributed by atoms with Crippen LogP contribution in [0.15, 0.2) is 36.4 Å². The average molecular weight is 269 g/mol. The van der Waals surface area contributed by atoms with Gasteiger partial charge in [-0.1, -0.05) is 37.3 Å². The highest BCUT2D eigenvalue weighted by Gasteiger charge is 2.12. The van der Waals surface area contributed by atoms with Gasteiger partial charge in [0, 0.05) is 12.1 Å². The van der Waals surface area contributed by atoms with Crippen LogP contribution in [0.1, 0.15) is 30.0 Å². The lowest BCUT2D eigenvalue weighted by Crippen LogP contribution is -2.12. The molecule has 2 heteroatoms. The fraction of sp³-hybridized carbons (Fsp3) is 0.333. The Morgan fingerprint density at radius 2 is 1.75 bits per heavy atom. The van der Waals surface area contributed by atoms with E-state index in [2.05, 4.69) is 23.5 Å². The van der Waals surface area contributed by atoms with Crippen molar-refractivity contribution in [2.75, 3.05) is 6.54 Å². The smallest absolute Gasteiger partial charge is 0.128 e. The summed E-state index contributed by atoms with van der Waals surface area (Å²) in [6, 6.07) is 12.1. The molecule has 2 aromatic carbocycles. The van der Waals surface area contributed by atoms with E-state index in [1.165, 1.54) is 24.0 Å². The Hall–Kier alpha value is -1.67. The molecule has 0 radical (unpaired) electrons. The molecular formula is C18H20FN. The van der Waals surface area contributed by atoms with Crippen LogP contribution in [-0.4, -0.2) is 6.54 Å². The molecule has 2 aromatic rings. The topological polar surface area (TPSA) is 12.0 Å². The van der Waals surface area contributed by atoms with Crippen LogP contribution >= 0.6 is 0 Å². The molecule has 0 saturated heterocycles. The second kappa shape index (κ2) is 5.76. The van der Waals surface area contributed by atoms with E-state index in [4.69, 9.17) is 0 Å². The molecule has 0 aromatic heterocycles. The van der Waals surface area contributed by atoms with Crippen molar-refractivity contribution in [1.82, 2.24) is 5.32 Å². The van der Waals surface area contributed by atoms with Gasteiger partial charge in [-0.05, 0) is 54.1 Å². The van der Waals surface area contributed by atoms with E-state index in [1.807, 2.05) is 19.1 Å². The maximum atomic E-state index is 14.1. The maximum Gasteiger partial charge on any atom is 0.128 e. The summed E-state index contributed by atoms with van der Waals surface area (Å²) in [6.07, 6.45) is 3.59. The highest BCUT2D eigenvalue weighted by Crippen LogP contribution is 2.28. The van der Waals surface area contributed by atoms with Gasteiger partial charge < -0.3 is 5.32 Å². The van der Waals surface area contributed by atoms with Gasteiger partial charge in [-0.25, -0.2) is 4.39 Å². The number of rotatable bonds is 4. The van der Waals surface area contributed by atoms with Gasteiger partial charge in [-0.3, -0.25) is 0 Å². The van der Waals surface area contributed by atoms with Gasteiger partial charge in [0.2, 0.25) is 0 Å². The van der Waals surface area contributed by atoms with Crippen molar-refractivity contribution < 1.29 is 4.39 Å². The van der Waals surface area contributed by atoms with Crippen LogP contribution in [0.2, 0.25) is 0 Å². The van der Waals surface area contributed by atoms with E-state index in [1.54, 1.807) is 6.07 Å². The Balaban J connectivity index is 1.89.